The maximum Gasteiger partial charge on any atom is 0.408 e. The molecule has 0 fully saturated rings. The van der Waals surface area contributed by atoms with Crippen molar-refractivity contribution in [2.45, 2.75) is 118 Å². The van der Waals surface area contributed by atoms with Gasteiger partial charge >= 0.3 is 12.2 Å². The van der Waals surface area contributed by atoms with Gasteiger partial charge in [0, 0.05) is 27.8 Å². The third kappa shape index (κ3) is 26.3. The quantitative estimate of drug-likeness (QED) is 0.0589. The van der Waals surface area contributed by atoms with Crippen LogP contribution < -0.4 is 16.4 Å². The molecule has 4 aromatic carbocycles. The van der Waals surface area contributed by atoms with Crippen molar-refractivity contribution < 1.29 is 41.4 Å². The number of rotatable bonds is 12. The number of hydrogen-bond donors (Lipinski definition) is 3. The van der Waals surface area contributed by atoms with E-state index in [4.69, 9.17) is 88.5 Å². The summed E-state index contributed by atoms with van der Waals surface area (Å²) in [6.45, 7) is 28.3. The molecule has 0 saturated heterocycles. The Morgan fingerprint density at radius 3 is 1.06 bits per heavy atom. The normalized spacial score (nSPS) is 11.2. The van der Waals surface area contributed by atoms with Crippen molar-refractivity contribution >= 4 is 76.0 Å². The summed E-state index contributed by atoms with van der Waals surface area (Å²) in [5.74, 6) is -0.814. The minimum atomic E-state index is -0.763. The molecule has 5 aromatic heterocycles. The first-order chi connectivity index (χ1) is 45.6. The zero-order chi connectivity index (χ0) is 73.1. The molecular formula is C74H73Cl5F4N10O5. The van der Waals surface area contributed by atoms with Crippen molar-refractivity contribution in [2.75, 3.05) is 6.61 Å². The number of carbonyl (C=O) groups is 2. The molecule has 98 heavy (non-hydrogen) atoms. The lowest BCUT2D eigenvalue weighted by Crippen LogP contribution is -2.43. The highest BCUT2D eigenvalue weighted by molar-refractivity contribution is 6.32. The fourth-order valence-electron chi connectivity index (χ4n) is 8.44. The van der Waals surface area contributed by atoms with Crippen LogP contribution in [-0.4, -0.2) is 54.9 Å². The SMILES string of the molecule is C=C(OCC)c1cc(C(C)(C)NC(=O)OC(C)(C)C)cc(-c2ccc(F)cc2)n1.CC(C)(C)OC(=O)NC(C)(C)c1cc(Cl)nc(-c2ccc(F)cc2)c1.CC(C)(N)c1cc(Cl)nc(-c2ccc(F)cc2)c1.N#Cc1cc(Cl)nc(-c2ccc(F)cc2)c1.N#Cc1cc(Cl)nc(Cl)c1. The first-order valence-corrected chi connectivity index (χ1v) is 31.9. The highest BCUT2D eigenvalue weighted by atomic mass is 35.5. The van der Waals surface area contributed by atoms with Crippen LogP contribution in [0.2, 0.25) is 25.8 Å². The Labute approximate surface area is 594 Å². The van der Waals surface area contributed by atoms with Gasteiger partial charge in [0.15, 0.2) is 0 Å². The molecule has 0 aliphatic rings. The Hall–Kier alpha value is -9.18. The molecule has 0 saturated carbocycles. The maximum atomic E-state index is 13.3. The predicted molar refractivity (Wildman–Crippen MR) is 380 cm³/mol. The smallest absolute Gasteiger partial charge is 0.408 e. The molecule has 15 nitrogen and oxygen atoms in total. The van der Waals surface area contributed by atoms with E-state index in [0.717, 1.165) is 38.9 Å². The van der Waals surface area contributed by atoms with Gasteiger partial charge in [-0.05, 0) is 264 Å². The molecule has 0 spiro atoms. The zero-order valence-electron chi connectivity index (χ0n) is 56.1. The van der Waals surface area contributed by atoms with Crippen LogP contribution in [0.4, 0.5) is 27.2 Å². The number of nitrogens with one attached hydrogen (secondary N) is 2. The average molecular weight is 1440 g/mol. The number of aromatic nitrogens is 5. The van der Waals surface area contributed by atoms with Crippen LogP contribution in [-0.2, 0) is 30.8 Å². The summed E-state index contributed by atoms with van der Waals surface area (Å²) in [4.78, 5) is 45.3. The Morgan fingerprint density at radius 2 is 0.735 bits per heavy atom. The van der Waals surface area contributed by atoms with Crippen molar-refractivity contribution in [1.82, 2.24) is 35.6 Å². The van der Waals surface area contributed by atoms with Crippen LogP contribution in [0.1, 0.15) is 124 Å². The number of carbonyl (C=O) groups excluding carboxylic acids is 2. The summed E-state index contributed by atoms with van der Waals surface area (Å²) in [6, 6.07) is 44.7. The number of nitriles is 2. The molecule has 512 valence electrons. The molecule has 0 bridgehead atoms. The van der Waals surface area contributed by atoms with Gasteiger partial charge in [0.05, 0.1) is 63.7 Å². The van der Waals surface area contributed by atoms with E-state index in [9.17, 15) is 27.2 Å². The van der Waals surface area contributed by atoms with Gasteiger partial charge in [0.1, 0.15) is 71.7 Å². The molecule has 0 aliphatic heterocycles. The van der Waals surface area contributed by atoms with E-state index in [0.29, 0.717) is 57.1 Å². The number of benzene rings is 4. The van der Waals surface area contributed by atoms with E-state index < -0.39 is 40.0 Å². The predicted octanol–water partition coefficient (Wildman–Crippen LogP) is 20.4. The highest BCUT2D eigenvalue weighted by Gasteiger charge is 2.30. The van der Waals surface area contributed by atoms with E-state index in [1.54, 1.807) is 87.5 Å². The lowest BCUT2D eigenvalue weighted by atomic mass is 9.92. The second-order valence-corrected chi connectivity index (χ2v) is 27.1. The van der Waals surface area contributed by atoms with Crippen LogP contribution in [0, 0.1) is 45.9 Å². The summed E-state index contributed by atoms with van der Waals surface area (Å²) < 4.78 is 68.3. The van der Waals surface area contributed by atoms with Gasteiger partial charge in [-0.3, -0.25) is 0 Å². The summed E-state index contributed by atoms with van der Waals surface area (Å²) in [6.07, 6.45) is -1.04. The number of amides is 2. The van der Waals surface area contributed by atoms with Crippen molar-refractivity contribution in [1.29, 1.82) is 10.5 Å². The van der Waals surface area contributed by atoms with Gasteiger partial charge in [-0.15, -0.1) is 0 Å². The molecule has 9 aromatic rings. The van der Waals surface area contributed by atoms with Gasteiger partial charge in [0.25, 0.3) is 0 Å². The number of nitrogens with two attached hydrogens (primary N) is 1. The van der Waals surface area contributed by atoms with Crippen LogP contribution in [0.25, 0.3) is 50.8 Å². The molecule has 0 atom stereocenters. The number of alkyl carbamates (subject to hydrolysis) is 2. The van der Waals surface area contributed by atoms with Crippen molar-refractivity contribution in [3.63, 3.8) is 0 Å². The summed E-state index contributed by atoms with van der Waals surface area (Å²) >= 11 is 28.9. The average Bonchev–Trinajstić information content (AvgIpc) is 0.814. The highest BCUT2D eigenvalue weighted by Crippen LogP contribution is 2.32. The van der Waals surface area contributed by atoms with E-state index in [2.05, 4.69) is 42.1 Å². The van der Waals surface area contributed by atoms with Crippen molar-refractivity contribution in [2.24, 2.45) is 5.73 Å². The van der Waals surface area contributed by atoms with Crippen molar-refractivity contribution in [3.8, 4) is 57.2 Å². The van der Waals surface area contributed by atoms with E-state index in [-0.39, 0.29) is 43.9 Å². The molecule has 5 heterocycles. The molecule has 24 heteroatoms. The first kappa shape index (κ1) is 79.5. The number of pyridine rings is 5. The molecular weight excluding hydrogens is 1360 g/mol. The first-order valence-electron chi connectivity index (χ1n) is 30.0. The minimum Gasteiger partial charge on any atom is -0.492 e. The summed E-state index contributed by atoms with van der Waals surface area (Å²) in [5.41, 5.74) is 12.2. The monoisotopic (exact) mass is 1430 g/mol. The van der Waals surface area contributed by atoms with Crippen LogP contribution >= 0.6 is 58.0 Å². The topological polar surface area (TPSA) is 224 Å². The summed E-state index contributed by atoms with van der Waals surface area (Å²) in [5, 5.41) is 24.3. The Kier molecular flexibility index (Phi) is 28.3. The minimum absolute atomic E-state index is 0.240. The molecule has 9 rings (SSSR count). The number of nitrogens with zero attached hydrogens (tertiary/aromatic N) is 7. The van der Waals surface area contributed by atoms with Crippen molar-refractivity contribution in [3.05, 3.63) is 247 Å². The van der Waals surface area contributed by atoms with E-state index in [1.807, 2.05) is 106 Å². The van der Waals surface area contributed by atoms with Crippen LogP contribution in [0.3, 0.4) is 0 Å². The standard InChI is InChI=1S/C23H29FN2O3.C19H22ClFN2O2.C14H14ClFN2.C12H6ClFN2.C6H2Cl2N2/c1-8-28-15(2)19-13-17(23(6,7)26-21(27)29-22(3,4)5)14-20(25-19)16-9-11-18(24)12-10-16;1-18(2,3)25-17(24)23-19(4,5)13-10-15(22-16(20)11-13)12-6-8-14(21)9-7-12;1-14(2,17)10-7-12(18-13(15)8-10)9-3-5-11(16)6-4-9;13-12-6-8(7-15)5-11(16-12)9-1-3-10(14)4-2-9;7-5-1-4(3-9)2-6(8)10-5/h9-14H,2,8H2,1,3-7H3,(H,26,27);6-11H,1-5H3,(H,23,24);3-8H,17H2,1-2H3;1-6H;1-2H. The van der Waals surface area contributed by atoms with Crippen LogP contribution in [0.15, 0.2) is 164 Å². The molecule has 0 radical (unpaired) electrons. The molecule has 4 N–H and O–H groups in total. The Morgan fingerprint density at radius 1 is 0.449 bits per heavy atom. The van der Waals surface area contributed by atoms with Gasteiger partial charge in [-0.2, -0.15) is 10.5 Å². The largest absolute Gasteiger partial charge is 0.492 e. The number of hydrogen-bond acceptors (Lipinski definition) is 13. The number of halogens is 9. The Balaban J connectivity index is 0.000000229. The lowest BCUT2D eigenvalue weighted by Gasteiger charge is -2.29. The van der Waals surface area contributed by atoms with Crippen LogP contribution in [0.5, 0.6) is 0 Å². The lowest BCUT2D eigenvalue weighted by molar-refractivity contribution is 0.0457. The fourth-order valence-corrected chi connectivity index (χ4v) is 9.52. The van der Waals surface area contributed by atoms with E-state index in [1.165, 1.54) is 66.7 Å². The Bertz CT molecular complexity index is 4300. The van der Waals surface area contributed by atoms with Gasteiger partial charge in [-0.25, -0.2) is 52.1 Å². The number of ether oxygens (including phenoxy) is 3. The second-order valence-electron chi connectivity index (χ2n) is 25.2. The molecule has 2 amide bonds. The van der Waals surface area contributed by atoms with Gasteiger partial charge in [-0.1, -0.05) is 64.6 Å². The summed E-state index contributed by atoms with van der Waals surface area (Å²) in [7, 11) is 0. The van der Waals surface area contributed by atoms with Gasteiger partial charge in [0.2, 0.25) is 0 Å². The third-order valence-corrected chi connectivity index (χ3v) is 14.2. The maximum absolute atomic E-state index is 13.3. The third-order valence-electron chi connectivity index (χ3n) is 13.2. The van der Waals surface area contributed by atoms with E-state index >= 15 is 0 Å². The van der Waals surface area contributed by atoms with Gasteiger partial charge < -0.3 is 30.6 Å². The molecule has 0 aliphatic carbocycles. The zero-order valence-corrected chi connectivity index (χ0v) is 59.9. The second kappa shape index (κ2) is 34.9. The fraction of sp³-hybridized carbons (Fsp3) is 0.257. The molecule has 0 unspecified atom stereocenters.